The number of hydrogen-bond acceptors (Lipinski definition) is 2. The molecule has 3 heteroatoms. The van der Waals surface area contributed by atoms with Gasteiger partial charge in [-0.15, -0.1) is 0 Å². The van der Waals surface area contributed by atoms with Gasteiger partial charge in [0.15, 0.2) is 0 Å². The number of rotatable bonds is 4. The van der Waals surface area contributed by atoms with Crippen LogP contribution in [0.1, 0.15) is 29.7 Å². The minimum Gasteiger partial charge on any atom is -0.371 e. The lowest BCUT2D eigenvalue weighted by Crippen LogP contribution is -2.39. The van der Waals surface area contributed by atoms with Crippen molar-refractivity contribution in [1.82, 2.24) is 5.32 Å². The molecule has 1 N–H and O–H groups in total. The highest BCUT2D eigenvalue weighted by atomic mass is 16.5. The minimum absolute atomic E-state index is 0.0793. The van der Waals surface area contributed by atoms with E-state index in [1.165, 1.54) is 11.1 Å². The van der Waals surface area contributed by atoms with Crippen molar-refractivity contribution in [2.75, 3.05) is 6.61 Å². The number of ether oxygens (including phenoxy) is 1. The predicted octanol–water partition coefficient (Wildman–Crippen LogP) is 3.52. The van der Waals surface area contributed by atoms with Crippen LogP contribution in [0.3, 0.4) is 0 Å². The monoisotopic (exact) mass is 307 g/mol. The van der Waals surface area contributed by atoms with Crippen LogP contribution >= 0.6 is 0 Å². The maximum absolute atomic E-state index is 12.1. The normalized spacial score (nSPS) is 18.4. The first-order valence-corrected chi connectivity index (χ1v) is 7.97. The first-order chi connectivity index (χ1) is 11.2. The van der Waals surface area contributed by atoms with Gasteiger partial charge in [-0.05, 0) is 36.1 Å². The van der Waals surface area contributed by atoms with E-state index in [1.54, 1.807) is 6.08 Å². The second-order valence-electron chi connectivity index (χ2n) is 5.78. The van der Waals surface area contributed by atoms with Crippen molar-refractivity contribution in [3.05, 3.63) is 77.4 Å². The van der Waals surface area contributed by atoms with Crippen molar-refractivity contribution in [1.29, 1.82) is 0 Å². The van der Waals surface area contributed by atoms with Crippen molar-refractivity contribution >= 4 is 12.0 Å². The largest absolute Gasteiger partial charge is 0.371 e. The van der Waals surface area contributed by atoms with Gasteiger partial charge in [0.25, 0.3) is 0 Å². The number of carbonyl (C=O) groups is 1. The summed E-state index contributed by atoms with van der Waals surface area (Å²) in [7, 11) is 0. The molecular formula is C20H21NO2. The third-order valence-corrected chi connectivity index (χ3v) is 4.08. The van der Waals surface area contributed by atoms with Gasteiger partial charge >= 0.3 is 0 Å². The van der Waals surface area contributed by atoms with Gasteiger partial charge in [-0.1, -0.05) is 54.6 Å². The van der Waals surface area contributed by atoms with E-state index in [0.717, 1.165) is 12.0 Å². The Kier molecular flexibility index (Phi) is 4.89. The molecule has 2 atom stereocenters. The van der Waals surface area contributed by atoms with Crippen molar-refractivity contribution in [3.8, 4) is 0 Å². The SMILES string of the molecule is C[C@@H](NC(=O)/C=C/c1ccccc1)[C@@H]1OCCc2ccccc21. The maximum atomic E-state index is 12.1. The molecule has 23 heavy (non-hydrogen) atoms. The van der Waals surface area contributed by atoms with Gasteiger partial charge in [-0.3, -0.25) is 4.79 Å². The smallest absolute Gasteiger partial charge is 0.244 e. The zero-order chi connectivity index (χ0) is 16.1. The number of carbonyl (C=O) groups excluding carboxylic acids is 1. The van der Waals surface area contributed by atoms with Crippen molar-refractivity contribution < 1.29 is 9.53 Å². The zero-order valence-electron chi connectivity index (χ0n) is 13.2. The van der Waals surface area contributed by atoms with Gasteiger partial charge in [-0.2, -0.15) is 0 Å². The highest BCUT2D eigenvalue weighted by Gasteiger charge is 2.26. The first-order valence-electron chi connectivity index (χ1n) is 7.97. The molecule has 0 aromatic heterocycles. The Hall–Kier alpha value is -2.39. The van der Waals surface area contributed by atoms with Gasteiger partial charge in [0.1, 0.15) is 6.10 Å². The van der Waals surface area contributed by atoms with E-state index in [-0.39, 0.29) is 18.1 Å². The molecule has 0 bridgehead atoms. The van der Waals surface area contributed by atoms with Crippen LogP contribution in [0.2, 0.25) is 0 Å². The number of nitrogens with one attached hydrogen (secondary N) is 1. The van der Waals surface area contributed by atoms with Crippen LogP contribution < -0.4 is 5.32 Å². The Morgan fingerprint density at radius 1 is 1.17 bits per heavy atom. The third kappa shape index (κ3) is 3.88. The first kappa shape index (κ1) is 15.5. The van der Waals surface area contributed by atoms with E-state index in [2.05, 4.69) is 17.4 Å². The zero-order valence-corrected chi connectivity index (χ0v) is 13.2. The van der Waals surface area contributed by atoms with Crippen LogP contribution in [0.25, 0.3) is 6.08 Å². The van der Waals surface area contributed by atoms with Gasteiger partial charge in [0.2, 0.25) is 5.91 Å². The van der Waals surface area contributed by atoms with E-state index in [4.69, 9.17) is 4.74 Å². The summed E-state index contributed by atoms with van der Waals surface area (Å²) in [4.78, 5) is 12.1. The summed E-state index contributed by atoms with van der Waals surface area (Å²) in [5, 5.41) is 3.01. The Labute approximate surface area is 137 Å². The molecule has 2 aromatic carbocycles. The summed E-state index contributed by atoms with van der Waals surface area (Å²) in [6.07, 6.45) is 4.23. The summed E-state index contributed by atoms with van der Waals surface area (Å²) in [6.45, 7) is 2.68. The lowest BCUT2D eigenvalue weighted by atomic mass is 9.94. The molecule has 0 spiro atoms. The molecule has 118 valence electrons. The molecule has 0 saturated carbocycles. The quantitative estimate of drug-likeness (QED) is 0.878. The summed E-state index contributed by atoms with van der Waals surface area (Å²) >= 11 is 0. The molecule has 1 heterocycles. The highest BCUT2D eigenvalue weighted by Crippen LogP contribution is 2.29. The van der Waals surface area contributed by atoms with Crippen LogP contribution in [0.4, 0.5) is 0 Å². The summed E-state index contributed by atoms with van der Waals surface area (Å²) in [6, 6.07) is 18.0. The van der Waals surface area contributed by atoms with Crippen LogP contribution in [-0.4, -0.2) is 18.6 Å². The Morgan fingerprint density at radius 3 is 2.74 bits per heavy atom. The molecular weight excluding hydrogens is 286 g/mol. The Morgan fingerprint density at radius 2 is 1.91 bits per heavy atom. The molecule has 0 unspecified atom stereocenters. The molecule has 1 aliphatic heterocycles. The predicted molar refractivity (Wildman–Crippen MR) is 91.9 cm³/mol. The third-order valence-electron chi connectivity index (χ3n) is 4.08. The number of benzene rings is 2. The fourth-order valence-corrected chi connectivity index (χ4v) is 2.92. The molecule has 3 rings (SSSR count). The lowest BCUT2D eigenvalue weighted by Gasteiger charge is -2.30. The van der Waals surface area contributed by atoms with Crippen LogP contribution in [0.5, 0.6) is 0 Å². The summed E-state index contributed by atoms with van der Waals surface area (Å²) in [5.41, 5.74) is 3.50. The molecule has 0 aliphatic carbocycles. The Bertz CT molecular complexity index is 694. The molecule has 3 nitrogen and oxygen atoms in total. The van der Waals surface area contributed by atoms with E-state index in [0.29, 0.717) is 6.61 Å². The second kappa shape index (κ2) is 7.25. The number of hydrogen-bond donors (Lipinski definition) is 1. The van der Waals surface area contributed by atoms with E-state index < -0.39 is 0 Å². The van der Waals surface area contributed by atoms with Crippen molar-refractivity contribution in [3.63, 3.8) is 0 Å². The van der Waals surface area contributed by atoms with Crippen LogP contribution in [0, 0.1) is 0 Å². The maximum Gasteiger partial charge on any atom is 0.244 e. The fourth-order valence-electron chi connectivity index (χ4n) is 2.92. The van der Waals surface area contributed by atoms with Gasteiger partial charge in [0, 0.05) is 6.08 Å². The molecule has 0 radical (unpaired) electrons. The van der Waals surface area contributed by atoms with Crippen molar-refractivity contribution in [2.45, 2.75) is 25.5 Å². The lowest BCUT2D eigenvalue weighted by molar-refractivity contribution is -0.118. The summed E-state index contributed by atoms with van der Waals surface area (Å²) < 4.78 is 5.89. The number of fused-ring (bicyclic) bond motifs is 1. The van der Waals surface area contributed by atoms with Gasteiger partial charge in [-0.25, -0.2) is 0 Å². The number of amides is 1. The second-order valence-corrected chi connectivity index (χ2v) is 5.78. The fraction of sp³-hybridized carbons (Fsp3) is 0.250. The van der Waals surface area contributed by atoms with Crippen molar-refractivity contribution in [2.24, 2.45) is 0 Å². The summed E-state index contributed by atoms with van der Waals surface area (Å²) in [5.74, 6) is -0.104. The average molecular weight is 307 g/mol. The van der Waals surface area contributed by atoms with E-state index in [9.17, 15) is 4.79 Å². The van der Waals surface area contributed by atoms with Crippen LogP contribution in [-0.2, 0) is 16.0 Å². The Balaban J connectivity index is 1.64. The van der Waals surface area contributed by atoms with E-state index in [1.807, 2.05) is 55.5 Å². The van der Waals surface area contributed by atoms with Crippen LogP contribution in [0.15, 0.2) is 60.7 Å². The minimum atomic E-state index is -0.104. The molecule has 2 aromatic rings. The van der Waals surface area contributed by atoms with E-state index >= 15 is 0 Å². The topological polar surface area (TPSA) is 38.3 Å². The van der Waals surface area contributed by atoms with Gasteiger partial charge in [0.05, 0.1) is 12.6 Å². The average Bonchev–Trinajstić information content (AvgIpc) is 2.60. The molecule has 0 saturated heterocycles. The molecule has 1 amide bonds. The van der Waals surface area contributed by atoms with Gasteiger partial charge < -0.3 is 10.1 Å². The molecule has 0 fully saturated rings. The molecule has 1 aliphatic rings. The standard InChI is InChI=1S/C20H21NO2/c1-15(20-18-10-6-5-9-17(18)13-14-23-20)21-19(22)12-11-16-7-3-2-4-8-16/h2-12,15,20H,13-14H2,1H3,(H,21,22)/b12-11+/t15-,20+/m1/s1. The highest BCUT2D eigenvalue weighted by molar-refractivity contribution is 5.91.